The Kier molecular flexibility index (Phi) is 7.25. The van der Waals surface area contributed by atoms with Gasteiger partial charge in [-0.15, -0.1) is 0 Å². The number of carbonyl (C=O) groups is 2. The van der Waals surface area contributed by atoms with Crippen LogP contribution in [0.1, 0.15) is 28.8 Å². The van der Waals surface area contributed by atoms with Crippen LogP contribution in [0.15, 0.2) is 60.7 Å². The Hall–Kier alpha value is -3.08. The molecule has 2 aromatic rings. The highest BCUT2D eigenvalue weighted by molar-refractivity contribution is 5.94. The van der Waals surface area contributed by atoms with E-state index in [2.05, 4.69) is 10.6 Å². The summed E-state index contributed by atoms with van der Waals surface area (Å²) < 4.78 is 0. The third kappa shape index (κ3) is 6.91. The van der Waals surface area contributed by atoms with Crippen LogP contribution in [0.3, 0.4) is 0 Å². The lowest BCUT2D eigenvalue weighted by Gasteiger charge is -2.07. The summed E-state index contributed by atoms with van der Waals surface area (Å²) in [5, 5.41) is 14.7. The molecule has 2 aromatic carbocycles. The summed E-state index contributed by atoms with van der Waals surface area (Å²) in [5.41, 5.74) is 1.58. The largest absolute Gasteiger partial charge is 0.508 e. The van der Waals surface area contributed by atoms with Crippen LogP contribution >= 0.6 is 0 Å². The minimum absolute atomic E-state index is 0.0448. The van der Waals surface area contributed by atoms with Crippen LogP contribution in [0.5, 0.6) is 5.75 Å². The number of amides is 2. The Bertz CT molecular complexity index is 709. The molecule has 0 saturated carbocycles. The van der Waals surface area contributed by atoms with E-state index in [1.165, 1.54) is 12.1 Å². The zero-order chi connectivity index (χ0) is 17.9. The van der Waals surface area contributed by atoms with Crippen molar-refractivity contribution in [3.8, 4) is 5.75 Å². The SMILES string of the molecule is O=C(CCC=Cc1ccccc1)NCCNC(=O)c1ccc(O)cc1. The van der Waals surface area contributed by atoms with Crippen LogP contribution in [-0.4, -0.2) is 30.0 Å². The fraction of sp³-hybridized carbons (Fsp3) is 0.200. The molecule has 0 saturated heterocycles. The van der Waals surface area contributed by atoms with Crippen molar-refractivity contribution in [1.29, 1.82) is 0 Å². The predicted octanol–water partition coefficient (Wildman–Crippen LogP) is 2.73. The number of hydrogen-bond acceptors (Lipinski definition) is 3. The topological polar surface area (TPSA) is 78.4 Å². The lowest BCUT2D eigenvalue weighted by atomic mass is 10.2. The van der Waals surface area contributed by atoms with E-state index in [0.29, 0.717) is 31.5 Å². The third-order valence-electron chi connectivity index (χ3n) is 3.51. The normalized spacial score (nSPS) is 10.6. The number of aromatic hydroxyl groups is 1. The second kappa shape index (κ2) is 9.93. The Balaban J connectivity index is 1.58. The molecule has 0 aliphatic carbocycles. The van der Waals surface area contributed by atoms with Gasteiger partial charge in [0, 0.05) is 25.1 Å². The summed E-state index contributed by atoms with van der Waals surface area (Å²) in [6, 6.07) is 15.9. The van der Waals surface area contributed by atoms with Gasteiger partial charge in [0.25, 0.3) is 5.91 Å². The summed E-state index contributed by atoms with van der Waals surface area (Å²) in [7, 11) is 0. The molecule has 2 rings (SSSR count). The summed E-state index contributed by atoms with van der Waals surface area (Å²) in [6.07, 6.45) is 5.04. The molecule has 0 radical (unpaired) electrons. The van der Waals surface area contributed by atoms with Crippen LogP contribution in [0.4, 0.5) is 0 Å². The van der Waals surface area contributed by atoms with Crippen molar-refractivity contribution in [3.05, 3.63) is 71.8 Å². The van der Waals surface area contributed by atoms with E-state index in [9.17, 15) is 14.7 Å². The van der Waals surface area contributed by atoms with Gasteiger partial charge in [0.15, 0.2) is 0 Å². The number of phenolic OH excluding ortho intramolecular Hbond substituents is 1. The van der Waals surface area contributed by atoms with E-state index in [1.54, 1.807) is 12.1 Å². The first kappa shape index (κ1) is 18.3. The van der Waals surface area contributed by atoms with E-state index >= 15 is 0 Å². The van der Waals surface area contributed by atoms with Gasteiger partial charge in [0.1, 0.15) is 5.75 Å². The minimum Gasteiger partial charge on any atom is -0.508 e. The average molecular weight is 338 g/mol. The van der Waals surface area contributed by atoms with Crippen LogP contribution in [-0.2, 0) is 4.79 Å². The lowest BCUT2D eigenvalue weighted by Crippen LogP contribution is -2.34. The molecule has 3 N–H and O–H groups in total. The number of phenols is 1. The molecule has 2 amide bonds. The molecule has 0 aliphatic heterocycles. The average Bonchev–Trinajstić information content (AvgIpc) is 2.63. The fourth-order valence-electron chi connectivity index (χ4n) is 2.18. The van der Waals surface area contributed by atoms with Gasteiger partial charge in [0.2, 0.25) is 5.91 Å². The number of nitrogens with one attached hydrogen (secondary N) is 2. The van der Waals surface area contributed by atoms with Gasteiger partial charge in [-0.25, -0.2) is 0 Å². The molecule has 0 heterocycles. The molecule has 0 spiro atoms. The van der Waals surface area contributed by atoms with Gasteiger partial charge in [0.05, 0.1) is 0 Å². The highest BCUT2D eigenvalue weighted by Crippen LogP contribution is 2.09. The highest BCUT2D eigenvalue weighted by atomic mass is 16.3. The van der Waals surface area contributed by atoms with Crippen LogP contribution in [0, 0.1) is 0 Å². The number of benzene rings is 2. The van der Waals surface area contributed by atoms with Crippen molar-refractivity contribution < 1.29 is 14.7 Å². The van der Waals surface area contributed by atoms with Gasteiger partial charge in [-0.2, -0.15) is 0 Å². The quantitative estimate of drug-likeness (QED) is 0.648. The molecule has 0 aliphatic rings. The third-order valence-corrected chi connectivity index (χ3v) is 3.51. The maximum atomic E-state index is 11.8. The number of hydrogen-bond donors (Lipinski definition) is 3. The standard InChI is InChI=1S/C20H22N2O3/c23-18-12-10-17(11-13-18)20(25)22-15-14-21-19(24)9-5-4-8-16-6-2-1-3-7-16/h1-4,6-8,10-13,23H,5,9,14-15H2,(H,21,24)(H,22,25). The second-order valence-electron chi connectivity index (χ2n) is 5.50. The molecule has 0 fully saturated rings. The lowest BCUT2D eigenvalue weighted by molar-refractivity contribution is -0.120. The second-order valence-corrected chi connectivity index (χ2v) is 5.50. The van der Waals surface area contributed by atoms with Crippen molar-refractivity contribution in [2.45, 2.75) is 12.8 Å². The number of rotatable bonds is 8. The summed E-state index contributed by atoms with van der Waals surface area (Å²) >= 11 is 0. The molecule has 25 heavy (non-hydrogen) atoms. The van der Waals surface area contributed by atoms with Crippen LogP contribution in [0.2, 0.25) is 0 Å². The minimum atomic E-state index is -0.236. The Labute approximate surface area is 147 Å². The molecular weight excluding hydrogens is 316 g/mol. The van der Waals surface area contributed by atoms with Gasteiger partial charge in [-0.3, -0.25) is 9.59 Å². The van der Waals surface area contributed by atoms with E-state index in [-0.39, 0.29) is 17.6 Å². The van der Waals surface area contributed by atoms with Crippen molar-refractivity contribution in [2.75, 3.05) is 13.1 Å². The monoisotopic (exact) mass is 338 g/mol. The molecular formula is C20H22N2O3. The number of carbonyl (C=O) groups excluding carboxylic acids is 2. The predicted molar refractivity (Wildman–Crippen MR) is 98.2 cm³/mol. The van der Waals surface area contributed by atoms with Crippen molar-refractivity contribution in [1.82, 2.24) is 10.6 Å². The first-order chi connectivity index (χ1) is 12.1. The van der Waals surface area contributed by atoms with E-state index in [0.717, 1.165) is 5.56 Å². The maximum absolute atomic E-state index is 11.8. The van der Waals surface area contributed by atoms with Gasteiger partial charge in [-0.1, -0.05) is 42.5 Å². The van der Waals surface area contributed by atoms with E-state index < -0.39 is 0 Å². The molecule has 0 atom stereocenters. The molecule has 0 bridgehead atoms. The summed E-state index contributed by atoms with van der Waals surface area (Å²) in [4.78, 5) is 23.6. The van der Waals surface area contributed by atoms with Crippen molar-refractivity contribution in [2.24, 2.45) is 0 Å². The smallest absolute Gasteiger partial charge is 0.251 e. The van der Waals surface area contributed by atoms with Gasteiger partial charge >= 0.3 is 0 Å². The fourth-order valence-corrected chi connectivity index (χ4v) is 2.18. The zero-order valence-corrected chi connectivity index (χ0v) is 13.9. The molecule has 130 valence electrons. The maximum Gasteiger partial charge on any atom is 0.251 e. The molecule has 0 unspecified atom stereocenters. The van der Waals surface area contributed by atoms with Crippen LogP contribution in [0.25, 0.3) is 6.08 Å². The van der Waals surface area contributed by atoms with Crippen LogP contribution < -0.4 is 10.6 Å². The molecule has 5 nitrogen and oxygen atoms in total. The first-order valence-corrected chi connectivity index (χ1v) is 8.20. The Morgan fingerprint density at radius 2 is 1.60 bits per heavy atom. The number of allylic oxidation sites excluding steroid dienone is 1. The first-order valence-electron chi connectivity index (χ1n) is 8.20. The van der Waals surface area contributed by atoms with Crippen molar-refractivity contribution >= 4 is 17.9 Å². The Morgan fingerprint density at radius 3 is 2.32 bits per heavy atom. The molecule has 5 heteroatoms. The molecule has 0 aromatic heterocycles. The highest BCUT2D eigenvalue weighted by Gasteiger charge is 2.05. The summed E-state index contributed by atoms with van der Waals surface area (Å²) in [6.45, 7) is 0.733. The van der Waals surface area contributed by atoms with E-state index in [1.807, 2.05) is 42.5 Å². The summed E-state index contributed by atoms with van der Waals surface area (Å²) in [5.74, 6) is -0.165. The zero-order valence-electron chi connectivity index (χ0n) is 13.9. The van der Waals surface area contributed by atoms with Gasteiger partial charge in [-0.05, 0) is 36.2 Å². The van der Waals surface area contributed by atoms with Crippen molar-refractivity contribution in [3.63, 3.8) is 0 Å². The Morgan fingerprint density at radius 1 is 0.920 bits per heavy atom. The van der Waals surface area contributed by atoms with E-state index in [4.69, 9.17) is 0 Å². The van der Waals surface area contributed by atoms with Gasteiger partial charge < -0.3 is 15.7 Å².